The van der Waals surface area contributed by atoms with Crippen molar-refractivity contribution in [3.63, 3.8) is 0 Å². The van der Waals surface area contributed by atoms with Gasteiger partial charge < -0.3 is 9.80 Å². The second kappa shape index (κ2) is 8.56. The van der Waals surface area contributed by atoms with Gasteiger partial charge in [-0.2, -0.15) is 18.4 Å². The number of rotatable bonds is 4. The van der Waals surface area contributed by atoms with Crippen molar-refractivity contribution in [1.29, 1.82) is 0 Å². The van der Waals surface area contributed by atoms with Gasteiger partial charge in [-0.1, -0.05) is 17.2 Å². The molecule has 1 saturated heterocycles. The molecule has 3 heterocycles. The molecule has 3 aromatic rings. The van der Waals surface area contributed by atoms with Gasteiger partial charge in [0.05, 0.1) is 11.1 Å². The molecule has 2 N–H and O–H groups in total. The SMILES string of the molecule is O=C(Nc1nn[nH]n1)c1ccc(N2CCN(C(=O)c3ccccc3C(F)(F)F)CC2)nn1. The number of nitrogens with zero attached hydrogens (tertiary/aromatic N) is 7. The van der Waals surface area contributed by atoms with Gasteiger partial charge in [-0.3, -0.25) is 14.9 Å². The van der Waals surface area contributed by atoms with Gasteiger partial charge in [0.15, 0.2) is 11.5 Å². The van der Waals surface area contributed by atoms with Gasteiger partial charge in [-0.05, 0) is 29.5 Å². The minimum atomic E-state index is -4.61. The highest BCUT2D eigenvalue weighted by atomic mass is 19.4. The third kappa shape index (κ3) is 4.48. The van der Waals surface area contributed by atoms with Gasteiger partial charge in [0.25, 0.3) is 17.8 Å². The molecule has 0 atom stereocenters. The number of carbonyl (C=O) groups excluding carboxylic acids is 2. The van der Waals surface area contributed by atoms with Crippen molar-refractivity contribution in [2.45, 2.75) is 6.18 Å². The summed E-state index contributed by atoms with van der Waals surface area (Å²) in [5, 5.41) is 23.0. The highest BCUT2D eigenvalue weighted by Gasteiger charge is 2.36. The lowest BCUT2D eigenvalue weighted by atomic mass is 10.1. The first kappa shape index (κ1) is 21.1. The number of anilines is 2. The number of nitrogens with one attached hydrogen (secondary N) is 2. The minimum absolute atomic E-state index is 0.00578. The van der Waals surface area contributed by atoms with Crippen LogP contribution >= 0.6 is 0 Å². The molecule has 0 radical (unpaired) electrons. The standard InChI is InChI=1S/C18H16F3N9O2/c19-18(20,21)12-4-2-1-3-11(12)16(32)30-9-7-29(8-10-30)14-6-5-13(23-24-14)15(31)22-17-25-27-28-26-17/h1-6H,7-10H2,(H2,22,25,26,27,28,31). The molecule has 11 nitrogen and oxygen atoms in total. The highest BCUT2D eigenvalue weighted by molar-refractivity contribution is 6.01. The second-order valence-electron chi connectivity index (χ2n) is 6.79. The maximum absolute atomic E-state index is 13.2. The van der Waals surface area contributed by atoms with Crippen molar-refractivity contribution in [1.82, 2.24) is 35.7 Å². The summed E-state index contributed by atoms with van der Waals surface area (Å²) in [6.07, 6.45) is -4.61. The number of piperazine rings is 1. The number of H-pyrrole nitrogens is 1. The monoisotopic (exact) mass is 447 g/mol. The molecule has 1 aromatic carbocycles. The van der Waals surface area contributed by atoms with Crippen LogP contribution in [0.15, 0.2) is 36.4 Å². The van der Waals surface area contributed by atoms with Gasteiger partial charge in [0.1, 0.15) is 0 Å². The summed E-state index contributed by atoms with van der Waals surface area (Å²) >= 11 is 0. The molecule has 2 amide bonds. The van der Waals surface area contributed by atoms with Crippen LogP contribution in [-0.4, -0.2) is 73.7 Å². The fraction of sp³-hybridized carbons (Fsp3) is 0.278. The van der Waals surface area contributed by atoms with Gasteiger partial charge in [0.2, 0.25) is 0 Å². The number of carbonyl (C=O) groups is 2. The number of halogens is 3. The lowest BCUT2D eigenvalue weighted by molar-refractivity contribution is -0.138. The number of alkyl halides is 3. The third-order valence-corrected chi connectivity index (χ3v) is 4.81. The number of aromatic nitrogens is 6. The molecule has 0 bridgehead atoms. The molecule has 0 aliphatic carbocycles. The first-order valence-electron chi connectivity index (χ1n) is 9.42. The largest absolute Gasteiger partial charge is 0.417 e. The van der Waals surface area contributed by atoms with Gasteiger partial charge in [-0.15, -0.1) is 15.3 Å². The Bertz CT molecular complexity index is 1100. The number of tetrazole rings is 1. The molecular weight excluding hydrogens is 431 g/mol. The molecule has 0 spiro atoms. The van der Waals surface area contributed by atoms with Crippen molar-refractivity contribution in [3.05, 3.63) is 53.2 Å². The zero-order chi connectivity index (χ0) is 22.7. The number of amides is 2. The summed E-state index contributed by atoms with van der Waals surface area (Å²) in [4.78, 5) is 28.0. The summed E-state index contributed by atoms with van der Waals surface area (Å²) in [7, 11) is 0. The van der Waals surface area contributed by atoms with E-state index in [9.17, 15) is 22.8 Å². The smallest absolute Gasteiger partial charge is 0.352 e. The molecule has 32 heavy (non-hydrogen) atoms. The lowest BCUT2D eigenvalue weighted by Crippen LogP contribution is -2.49. The van der Waals surface area contributed by atoms with Crippen molar-refractivity contribution in [3.8, 4) is 0 Å². The Morgan fingerprint density at radius 2 is 1.72 bits per heavy atom. The van der Waals surface area contributed by atoms with E-state index in [0.717, 1.165) is 6.07 Å². The summed E-state index contributed by atoms with van der Waals surface area (Å²) < 4.78 is 39.7. The van der Waals surface area contributed by atoms with Gasteiger partial charge in [-0.25, -0.2) is 0 Å². The van der Waals surface area contributed by atoms with Gasteiger partial charge >= 0.3 is 6.18 Å². The number of benzene rings is 1. The molecule has 14 heteroatoms. The van der Waals surface area contributed by atoms with E-state index < -0.39 is 23.6 Å². The summed E-state index contributed by atoms with van der Waals surface area (Å²) in [6, 6.07) is 7.80. The molecule has 1 fully saturated rings. The van der Waals surface area contributed by atoms with Crippen LogP contribution in [-0.2, 0) is 6.18 Å². The Hall–Kier alpha value is -4.10. The third-order valence-electron chi connectivity index (χ3n) is 4.81. The Labute approximate surface area is 178 Å². The van der Waals surface area contributed by atoms with Crippen LogP contribution in [0.5, 0.6) is 0 Å². The van der Waals surface area contributed by atoms with E-state index in [1.165, 1.54) is 29.2 Å². The molecule has 4 rings (SSSR count). The van der Waals surface area contributed by atoms with E-state index in [1.54, 1.807) is 6.07 Å². The van der Waals surface area contributed by atoms with Crippen molar-refractivity contribution < 1.29 is 22.8 Å². The maximum Gasteiger partial charge on any atom is 0.417 e. The van der Waals surface area contributed by atoms with Crippen LogP contribution in [0, 0.1) is 0 Å². The fourth-order valence-corrected chi connectivity index (χ4v) is 3.22. The van der Waals surface area contributed by atoms with Crippen LogP contribution in [0.1, 0.15) is 26.4 Å². The lowest BCUT2D eigenvalue weighted by Gasteiger charge is -2.35. The summed E-state index contributed by atoms with van der Waals surface area (Å²) in [5.74, 6) is -0.765. The van der Waals surface area contributed by atoms with Crippen molar-refractivity contribution in [2.24, 2.45) is 0 Å². The van der Waals surface area contributed by atoms with E-state index in [2.05, 4.69) is 36.1 Å². The van der Waals surface area contributed by atoms with Crippen LogP contribution in [0.25, 0.3) is 0 Å². The highest BCUT2D eigenvalue weighted by Crippen LogP contribution is 2.32. The maximum atomic E-state index is 13.2. The quantitative estimate of drug-likeness (QED) is 0.610. The molecule has 1 aliphatic heterocycles. The Kier molecular flexibility index (Phi) is 5.66. The fourth-order valence-electron chi connectivity index (χ4n) is 3.22. The molecule has 166 valence electrons. The topological polar surface area (TPSA) is 133 Å². The first-order chi connectivity index (χ1) is 15.3. The summed E-state index contributed by atoms with van der Waals surface area (Å²) in [6.45, 7) is 1.13. The van der Waals surface area contributed by atoms with Crippen LogP contribution < -0.4 is 10.2 Å². The second-order valence-corrected chi connectivity index (χ2v) is 6.79. The zero-order valence-electron chi connectivity index (χ0n) is 16.4. The van der Waals surface area contributed by atoms with E-state index in [-0.39, 0.29) is 30.3 Å². The average Bonchev–Trinajstić information content (AvgIpc) is 3.31. The summed E-state index contributed by atoms with van der Waals surface area (Å²) in [5.41, 5.74) is -1.28. The average molecular weight is 447 g/mol. The van der Waals surface area contributed by atoms with E-state index >= 15 is 0 Å². The Morgan fingerprint density at radius 3 is 2.34 bits per heavy atom. The Morgan fingerprint density at radius 1 is 0.969 bits per heavy atom. The normalized spacial score (nSPS) is 14.3. The van der Waals surface area contributed by atoms with E-state index in [4.69, 9.17) is 0 Å². The predicted molar refractivity (Wildman–Crippen MR) is 104 cm³/mol. The van der Waals surface area contributed by atoms with Crippen molar-refractivity contribution in [2.75, 3.05) is 36.4 Å². The van der Waals surface area contributed by atoms with Crippen molar-refractivity contribution >= 4 is 23.6 Å². The van der Waals surface area contributed by atoms with Crippen LogP contribution in [0.2, 0.25) is 0 Å². The Balaban J connectivity index is 1.38. The minimum Gasteiger partial charge on any atom is -0.352 e. The van der Waals surface area contributed by atoms with Crippen LogP contribution in [0.3, 0.4) is 0 Å². The molecular formula is C18H16F3N9O2. The van der Waals surface area contributed by atoms with E-state index in [1.807, 2.05) is 4.90 Å². The number of hydrogen-bond donors (Lipinski definition) is 2. The predicted octanol–water partition coefficient (Wildman–Crippen LogP) is 1.22. The molecule has 2 aromatic heterocycles. The van der Waals surface area contributed by atoms with Gasteiger partial charge in [0, 0.05) is 26.2 Å². The molecule has 0 saturated carbocycles. The van der Waals surface area contributed by atoms with Crippen LogP contribution in [0.4, 0.5) is 24.9 Å². The number of aromatic amines is 1. The molecule has 0 unspecified atom stereocenters. The molecule has 1 aliphatic rings. The zero-order valence-corrected chi connectivity index (χ0v) is 16.4. The first-order valence-corrected chi connectivity index (χ1v) is 9.42. The number of hydrogen-bond acceptors (Lipinski definition) is 8. The van der Waals surface area contributed by atoms with E-state index in [0.29, 0.717) is 18.9 Å².